The zero-order chi connectivity index (χ0) is 15.2. The lowest BCUT2D eigenvalue weighted by Gasteiger charge is -2.12. The molecule has 100 valence electrons. The van der Waals surface area contributed by atoms with Crippen LogP contribution in [0.4, 0.5) is 10.1 Å². The summed E-state index contributed by atoms with van der Waals surface area (Å²) in [7, 11) is 0. The number of nitriles is 3. The summed E-state index contributed by atoms with van der Waals surface area (Å²) in [5, 5.41) is 29.2. The molecule has 0 atom stereocenters. The molecular formula is C14H7FN6. The Kier molecular flexibility index (Phi) is 3.95. The Hall–Kier alpha value is -3.63. The van der Waals surface area contributed by atoms with E-state index in [9.17, 15) is 4.39 Å². The van der Waals surface area contributed by atoms with Gasteiger partial charge in [0.05, 0.1) is 17.7 Å². The fraction of sp³-hybridized carbons (Fsp3) is 0. The number of nitrogens with zero attached hydrogens (tertiary/aromatic N) is 5. The highest BCUT2D eigenvalue weighted by Crippen LogP contribution is 2.23. The van der Waals surface area contributed by atoms with Gasteiger partial charge in [0.25, 0.3) is 0 Å². The largest absolute Gasteiger partial charge is 0.343 e. The summed E-state index contributed by atoms with van der Waals surface area (Å²) in [6, 6.07) is 8.86. The van der Waals surface area contributed by atoms with E-state index in [0.29, 0.717) is 5.69 Å². The van der Waals surface area contributed by atoms with Gasteiger partial charge in [-0.05, 0) is 18.2 Å². The van der Waals surface area contributed by atoms with Crippen molar-refractivity contribution in [2.24, 2.45) is 0 Å². The molecule has 1 N–H and O–H groups in total. The topological polar surface area (TPSA) is 101 Å². The van der Waals surface area contributed by atoms with E-state index >= 15 is 0 Å². The Bertz CT molecular complexity index is 799. The van der Waals surface area contributed by atoms with Crippen LogP contribution >= 0.6 is 0 Å². The molecule has 1 heterocycles. The van der Waals surface area contributed by atoms with Gasteiger partial charge in [-0.1, -0.05) is 0 Å². The minimum absolute atomic E-state index is 0.243. The summed E-state index contributed by atoms with van der Waals surface area (Å²) in [4.78, 5) is 3.89. The summed E-state index contributed by atoms with van der Waals surface area (Å²) in [6.45, 7) is 0. The lowest BCUT2D eigenvalue weighted by Crippen LogP contribution is -2.05. The Morgan fingerprint density at radius 3 is 2.52 bits per heavy atom. The lowest BCUT2D eigenvalue weighted by molar-refractivity contribution is 0.628. The van der Waals surface area contributed by atoms with Crippen molar-refractivity contribution in [3.05, 3.63) is 54.0 Å². The maximum absolute atomic E-state index is 13.4. The fourth-order valence-electron chi connectivity index (χ4n) is 1.65. The second-order valence-electron chi connectivity index (χ2n) is 3.84. The summed E-state index contributed by atoms with van der Waals surface area (Å²) >= 11 is 0. The van der Waals surface area contributed by atoms with E-state index in [0.717, 1.165) is 0 Å². The Morgan fingerprint density at radius 2 is 1.95 bits per heavy atom. The number of hydrogen-bond acceptors (Lipinski definition) is 5. The molecule has 1 aromatic carbocycles. The number of imidazole rings is 1. The number of hydrogen-bond donors (Lipinski definition) is 1. The number of anilines is 1. The predicted octanol–water partition coefficient (Wildman–Crippen LogP) is 2.25. The molecule has 0 aliphatic rings. The van der Waals surface area contributed by atoms with Gasteiger partial charge in [-0.15, -0.1) is 0 Å². The Morgan fingerprint density at radius 1 is 1.19 bits per heavy atom. The quantitative estimate of drug-likeness (QED) is 0.867. The van der Waals surface area contributed by atoms with E-state index in [2.05, 4.69) is 10.3 Å². The number of aromatic nitrogens is 2. The normalized spacial score (nSPS) is 9.05. The van der Waals surface area contributed by atoms with Crippen molar-refractivity contribution in [1.82, 2.24) is 9.55 Å². The van der Waals surface area contributed by atoms with E-state index in [4.69, 9.17) is 15.8 Å². The Balaban J connectivity index is 2.53. The maximum Gasteiger partial charge on any atom is 0.163 e. The van der Waals surface area contributed by atoms with Crippen LogP contribution in [0.2, 0.25) is 0 Å². The summed E-state index contributed by atoms with van der Waals surface area (Å²) in [5.41, 5.74) is 0.148. The molecule has 1 aromatic heterocycles. The molecule has 7 heteroatoms. The average molecular weight is 278 g/mol. The van der Waals surface area contributed by atoms with Gasteiger partial charge in [0, 0.05) is 12.4 Å². The highest BCUT2D eigenvalue weighted by molar-refractivity contribution is 5.67. The van der Waals surface area contributed by atoms with Gasteiger partial charge >= 0.3 is 0 Å². The molecule has 0 unspecified atom stereocenters. The van der Waals surface area contributed by atoms with Crippen molar-refractivity contribution in [3.8, 4) is 23.9 Å². The minimum Gasteiger partial charge on any atom is -0.343 e. The molecular weight excluding hydrogens is 271 g/mol. The second kappa shape index (κ2) is 6.01. The molecule has 0 bridgehead atoms. The molecule has 2 rings (SSSR count). The first-order chi connectivity index (χ1) is 10.2. The lowest BCUT2D eigenvalue weighted by atomic mass is 10.2. The van der Waals surface area contributed by atoms with Crippen LogP contribution in [-0.2, 0) is 0 Å². The van der Waals surface area contributed by atoms with Gasteiger partial charge in [0.15, 0.2) is 5.57 Å². The van der Waals surface area contributed by atoms with E-state index in [1.54, 1.807) is 35.2 Å². The van der Waals surface area contributed by atoms with Crippen LogP contribution in [0.3, 0.4) is 0 Å². The van der Waals surface area contributed by atoms with Crippen molar-refractivity contribution in [1.29, 1.82) is 15.8 Å². The molecule has 0 saturated heterocycles. The molecule has 0 radical (unpaired) electrons. The van der Waals surface area contributed by atoms with Crippen LogP contribution in [0.1, 0.15) is 0 Å². The van der Waals surface area contributed by atoms with Crippen molar-refractivity contribution < 1.29 is 4.39 Å². The molecule has 0 saturated carbocycles. The summed E-state index contributed by atoms with van der Waals surface area (Å²) in [5.74, 6) is -0.519. The maximum atomic E-state index is 13.4. The van der Waals surface area contributed by atoms with E-state index in [1.165, 1.54) is 24.5 Å². The van der Waals surface area contributed by atoms with Crippen LogP contribution < -0.4 is 5.32 Å². The van der Waals surface area contributed by atoms with Gasteiger partial charge in [-0.3, -0.25) is 0 Å². The minimum atomic E-state index is -0.519. The first kappa shape index (κ1) is 13.8. The van der Waals surface area contributed by atoms with Crippen molar-refractivity contribution in [2.45, 2.75) is 0 Å². The Labute approximate surface area is 119 Å². The molecule has 0 amide bonds. The SMILES string of the molecule is N#CC(C#N)=C(C#N)Nc1cc(F)ccc1-n1ccnc1. The van der Waals surface area contributed by atoms with Gasteiger partial charge < -0.3 is 9.88 Å². The van der Waals surface area contributed by atoms with Crippen LogP contribution in [0.15, 0.2) is 48.2 Å². The van der Waals surface area contributed by atoms with Crippen LogP contribution in [0.5, 0.6) is 0 Å². The van der Waals surface area contributed by atoms with Gasteiger partial charge in [0.2, 0.25) is 0 Å². The third kappa shape index (κ3) is 2.86. The third-order valence-corrected chi connectivity index (χ3v) is 2.59. The zero-order valence-electron chi connectivity index (χ0n) is 10.6. The standard InChI is InChI=1S/C14H7FN6/c15-11-1-2-14(21-4-3-19-9-21)12(5-11)20-13(8-18)10(6-16)7-17/h1-5,9,20H. The summed E-state index contributed by atoms with van der Waals surface area (Å²) in [6.07, 6.45) is 4.69. The third-order valence-electron chi connectivity index (χ3n) is 2.59. The van der Waals surface area contributed by atoms with Gasteiger partial charge in [-0.2, -0.15) is 15.8 Å². The smallest absolute Gasteiger partial charge is 0.163 e. The first-order valence-corrected chi connectivity index (χ1v) is 5.69. The van der Waals surface area contributed by atoms with Crippen LogP contribution in [-0.4, -0.2) is 9.55 Å². The summed E-state index contributed by atoms with van der Waals surface area (Å²) < 4.78 is 15.0. The average Bonchev–Trinajstić information content (AvgIpc) is 3.01. The zero-order valence-corrected chi connectivity index (χ0v) is 10.6. The molecule has 0 spiro atoms. The molecule has 0 aliphatic heterocycles. The molecule has 21 heavy (non-hydrogen) atoms. The van der Waals surface area contributed by atoms with Crippen molar-refractivity contribution in [2.75, 3.05) is 5.32 Å². The van der Waals surface area contributed by atoms with Crippen LogP contribution in [0.25, 0.3) is 5.69 Å². The molecule has 2 aromatic rings. The van der Waals surface area contributed by atoms with E-state index in [-0.39, 0.29) is 17.0 Å². The van der Waals surface area contributed by atoms with Crippen molar-refractivity contribution >= 4 is 5.69 Å². The highest BCUT2D eigenvalue weighted by Gasteiger charge is 2.11. The number of rotatable bonds is 3. The van der Waals surface area contributed by atoms with Crippen LogP contribution in [0, 0.1) is 39.8 Å². The number of halogens is 1. The second-order valence-corrected chi connectivity index (χ2v) is 3.84. The predicted molar refractivity (Wildman–Crippen MR) is 71.0 cm³/mol. The molecule has 0 aliphatic carbocycles. The number of nitrogens with one attached hydrogen (secondary N) is 1. The monoisotopic (exact) mass is 278 g/mol. The van der Waals surface area contributed by atoms with Gasteiger partial charge in [0.1, 0.15) is 29.7 Å². The van der Waals surface area contributed by atoms with Gasteiger partial charge in [-0.25, -0.2) is 9.37 Å². The molecule has 0 fully saturated rings. The highest BCUT2D eigenvalue weighted by atomic mass is 19.1. The van der Waals surface area contributed by atoms with E-state index < -0.39 is 5.82 Å². The number of benzene rings is 1. The first-order valence-electron chi connectivity index (χ1n) is 5.69. The fourth-order valence-corrected chi connectivity index (χ4v) is 1.65. The molecule has 6 nitrogen and oxygen atoms in total. The van der Waals surface area contributed by atoms with Crippen molar-refractivity contribution in [3.63, 3.8) is 0 Å². The number of allylic oxidation sites excluding steroid dienone is 2. The van der Waals surface area contributed by atoms with E-state index in [1.807, 2.05) is 0 Å².